The van der Waals surface area contributed by atoms with Crippen LogP contribution < -0.4 is 10.6 Å². The average Bonchev–Trinajstić information content (AvgIpc) is 3.01. The van der Waals surface area contributed by atoms with Gasteiger partial charge in [-0.05, 0) is 19.9 Å². The number of alkyl halides is 3. The van der Waals surface area contributed by atoms with E-state index in [9.17, 15) is 22.4 Å². The highest BCUT2D eigenvalue weighted by Gasteiger charge is 2.33. The highest BCUT2D eigenvalue weighted by atomic mass is 19.4. The lowest BCUT2D eigenvalue weighted by molar-refractivity contribution is -0.140. The van der Waals surface area contributed by atoms with Crippen LogP contribution in [0.3, 0.4) is 0 Å². The SMILES string of the molecule is CC(C)(Nc1ncnc(-c2c[nH]c3ncc(F)cc23)n1)C(=O)NCC(F)(F)F. The van der Waals surface area contributed by atoms with E-state index in [4.69, 9.17) is 0 Å². The van der Waals surface area contributed by atoms with Crippen LogP contribution in [0.4, 0.5) is 23.5 Å². The first kappa shape index (κ1) is 19.5. The molecule has 3 aromatic rings. The van der Waals surface area contributed by atoms with Gasteiger partial charge in [0.15, 0.2) is 5.82 Å². The molecule has 3 N–H and O–H groups in total. The molecule has 0 spiro atoms. The lowest BCUT2D eigenvalue weighted by atomic mass is 10.1. The second kappa shape index (κ2) is 7.02. The molecule has 3 heterocycles. The smallest absolute Gasteiger partial charge is 0.345 e. The van der Waals surface area contributed by atoms with E-state index in [1.165, 1.54) is 32.4 Å². The number of carbonyl (C=O) groups excluding carboxylic acids is 1. The molecule has 0 radical (unpaired) electrons. The number of hydrogen-bond donors (Lipinski definition) is 3. The van der Waals surface area contributed by atoms with Gasteiger partial charge in [0.2, 0.25) is 11.9 Å². The number of fused-ring (bicyclic) bond motifs is 1. The van der Waals surface area contributed by atoms with Crippen molar-refractivity contribution in [2.45, 2.75) is 25.6 Å². The number of aromatic amines is 1. The molecule has 3 aromatic heterocycles. The molecule has 0 atom stereocenters. The van der Waals surface area contributed by atoms with E-state index >= 15 is 0 Å². The zero-order valence-corrected chi connectivity index (χ0v) is 14.7. The molecule has 0 unspecified atom stereocenters. The number of carbonyl (C=O) groups is 1. The van der Waals surface area contributed by atoms with Gasteiger partial charge in [0.05, 0.1) is 6.20 Å². The maximum atomic E-state index is 13.5. The van der Waals surface area contributed by atoms with Crippen LogP contribution in [0, 0.1) is 5.82 Å². The third-order valence-electron chi connectivity index (χ3n) is 3.75. The Morgan fingerprint density at radius 1 is 1.21 bits per heavy atom. The van der Waals surface area contributed by atoms with Crippen molar-refractivity contribution in [1.29, 1.82) is 0 Å². The number of anilines is 1. The largest absolute Gasteiger partial charge is 0.405 e. The molecule has 148 valence electrons. The first-order valence-electron chi connectivity index (χ1n) is 8.00. The summed E-state index contributed by atoms with van der Waals surface area (Å²) >= 11 is 0. The summed E-state index contributed by atoms with van der Waals surface area (Å²) < 4.78 is 50.4. The van der Waals surface area contributed by atoms with Crippen molar-refractivity contribution in [3.05, 3.63) is 30.6 Å². The minimum atomic E-state index is -4.52. The van der Waals surface area contributed by atoms with Crippen LogP contribution in [0.25, 0.3) is 22.4 Å². The summed E-state index contributed by atoms with van der Waals surface area (Å²) in [5.74, 6) is -1.29. The van der Waals surface area contributed by atoms with Crippen molar-refractivity contribution in [1.82, 2.24) is 30.2 Å². The molecular weight excluding hydrogens is 382 g/mol. The van der Waals surface area contributed by atoms with Crippen LogP contribution in [0.1, 0.15) is 13.8 Å². The molecule has 0 saturated carbocycles. The van der Waals surface area contributed by atoms with Gasteiger partial charge in [0, 0.05) is 17.1 Å². The lowest BCUT2D eigenvalue weighted by Crippen LogP contribution is -2.50. The third kappa shape index (κ3) is 4.32. The minimum Gasteiger partial charge on any atom is -0.345 e. The summed E-state index contributed by atoms with van der Waals surface area (Å²) in [6.07, 6.45) is -0.757. The number of H-pyrrole nitrogens is 1. The van der Waals surface area contributed by atoms with Gasteiger partial charge < -0.3 is 15.6 Å². The molecule has 0 aliphatic heterocycles. The number of rotatable bonds is 5. The number of pyridine rings is 1. The van der Waals surface area contributed by atoms with E-state index < -0.39 is 30.0 Å². The molecule has 0 bridgehead atoms. The maximum absolute atomic E-state index is 13.5. The second-order valence-electron chi connectivity index (χ2n) is 6.43. The number of hydrogen-bond acceptors (Lipinski definition) is 6. The van der Waals surface area contributed by atoms with Gasteiger partial charge in [-0.25, -0.2) is 19.3 Å². The van der Waals surface area contributed by atoms with Crippen molar-refractivity contribution >= 4 is 22.9 Å². The fourth-order valence-corrected chi connectivity index (χ4v) is 2.39. The molecule has 12 heteroatoms. The number of amides is 1. The molecule has 0 fully saturated rings. The van der Waals surface area contributed by atoms with E-state index in [0.29, 0.717) is 16.6 Å². The van der Waals surface area contributed by atoms with Gasteiger partial charge in [-0.3, -0.25) is 4.79 Å². The van der Waals surface area contributed by atoms with Gasteiger partial charge >= 0.3 is 6.18 Å². The minimum absolute atomic E-state index is 0.0316. The monoisotopic (exact) mass is 397 g/mol. The second-order valence-corrected chi connectivity index (χ2v) is 6.43. The summed E-state index contributed by atoms with van der Waals surface area (Å²) in [6.45, 7) is 1.31. The Balaban J connectivity index is 1.83. The highest BCUT2D eigenvalue weighted by Crippen LogP contribution is 2.26. The van der Waals surface area contributed by atoms with Gasteiger partial charge in [-0.15, -0.1) is 0 Å². The Kier molecular flexibility index (Phi) is 4.87. The van der Waals surface area contributed by atoms with Crippen LogP contribution in [0.2, 0.25) is 0 Å². The standard InChI is InChI=1S/C16H15F4N7O/c1-15(2,13(28)23-6-16(18,19)20)27-14-25-7-24-12(26-14)10-5-22-11-9(10)3-8(17)4-21-11/h3-5,7H,6H2,1-2H3,(H,21,22)(H,23,28)(H,24,25,26,27). The molecular formula is C16H15F4N7O. The Morgan fingerprint density at radius 3 is 2.68 bits per heavy atom. The first-order valence-corrected chi connectivity index (χ1v) is 8.00. The van der Waals surface area contributed by atoms with Crippen molar-refractivity contribution in [2.24, 2.45) is 0 Å². The van der Waals surface area contributed by atoms with Gasteiger partial charge in [-0.1, -0.05) is 0 Å². The fourth-order valence-electron chi connectivity index (χ4n) is 2.39. The van der Waals surface area contributed by atoms with Gasteiger partial charge in [0.1, 0.15) is 29.9 Å². The Bertz CT molecular complexity index is 1020. The Hall–Kier alpha value is -3.31. The predicted molar refractivity (Wildman–Crippen MR) is 91.6 cm³/mol. The highest BCUT2D eigenvalue weighted by molar-refractivity contribution is 5.91. The molecule has 0 aliphatic carbocycles. The number of halogens is 4. The van der Waals surface area contributed by atoms with Crippen molar-refractivity contribution in [3.63, 3.8) is 0 Å². The van der Waals surface area contributed by atoms with E-state index in [-0.39, 0.29) is 11.8 Å². The van der Waals surface area contributed by atoms with Crippen molar-refractivity contribution < 1.29 is 22.4 Å². The van der Waals surface area contributed by atoms with Crippen LogP contribution in [-0.4, -0.2) is 49.1 Å². The summed E-state index contributed by atoms with van der Waals surface area (Å²) in [5.41, 5.74) is -0.553. The number of aromatic nitrogens is 5. The van der Waals surface area contributed by atoms with Crippen LogP contribution in [0.5, 0.6) is 0 Å². The first-order chi connectivity index (χ1) is 13.0. The van der Waals surface area contributed by atoms with Crippen LogP contribution >= 0.6 is 0 Å². The summed E-state index contributed by atoms with van der Waals surface area (Å²) in [4.78, 5) is 30.9. The maximum Gasteiger partial charge on any atom is 0.405 e. The topological polar surface area (TPSA) is 108 Å². The molecule has 0 aromatic carbocycles. The Morgan fingerprint density at radius 2 is 1.96 bits per heavy atom. The molecule has 8 nitrogen and oxygen atoms in total. The van der Waals surface area contributed by atoms with E-state index in [1.54, 1.807) is 5.32 Å². The van der Waals surface area contributed by atoms with Crippen molar-refractivity contribution in [2.75, 3.05) is 11.9 Å². The number of nitrogens with zero attached hydrogens (tertiary/aromatic N) is 4. The van der Waals surface area contributed by atoms with Crippen molar-refractivity contribution in [3.8, 4) is 11.4 Å². The normalized spacial score (nSPS) is 12.2. The summed E-state index contributed by atoms with van der Waals surface area (Å²) in [7, 11) is 0. The van der Waals surface area contributed by atoms with Crippen LogP contribution in [0.15, 0.2) is 24.8 Å². The van der Waals surface area contributed by atoms with E-state index in [0.717, 1.165) is 6.20 Å². The molecule has 3 rings (SSSR count). The van der Waals surface area contributed by atoms with E-state index in [1.807, 2.05) is 0 Å². The molecule has 0 aliphatic rings. The van der Waals surface area contributed by atoms with Crippen LogP contribution in [-0.2, 0) is 4.79 Å². The average molecular weight is 397 g/mol. The molecule has 0 saturated heterocycles. The fraction of sp³-hybridized carbons (Fsp3) is 0.312. The lowest BCUT2D eigenvalue weighted by Gasteiger charge is -2.25. The molecule has 28 heavy (non-hydrogen) atoms. The van der Waals surface area contributed by atoms with Gasteiger partial charge in [0.25, 0.3) is 0 Å². The zero-order chi connectivity index (χ0) is 20.5. The zero-order valence-electron chi connectivity index (χ0n) is 14.7. The van der Waals surface area contributed by atoms with E-state index in [2.05, 4.69) is 30.2 Å². The third-order valence-corrected chi connectivity index (χ3v) is 3.75. The predicted octanol–water partition coefficient (Wildman–Crippen LogP) is 2.42. The van der Waals surface area contributed by atoms with Gasteiger partial charge in [-0.2, -0.15) is 18.2 Å². The summed E-state index contributed by atoms with van der Waals surface area (Å²) in [6, 6.07) is 1.26. The summed E-state index contributed by atoms with van der Waals surface area (Å²) in [5, 5.41) is 4.92. The molecule has 1 amide bonds. The quantitative estimate of drug-likeness (QED) is 0.571. The number of nitrogens with one attached hydrogen (secondary N) is 3. The Labute approximate surface area is 155 Å².